The zero-order valence-electron chi connectivity index (χ0n) is 16.0. The number of fused-ring (bicyclic) bond motifs is 3. The minimum absolute atomic E-state index is 0.213. The highest BCUT2D eigenvalue weighted by Gasteiger charge is 2.40. The minimum Gasteiger partial charge on any atom is -0.336 e. The van der Waals surface area contributed by atoms with Gasteiger partial charge in [0.2, 0.25) is 0 Å². The van der Waals surface area contributed by atoms with Gasteiger partial charge in [0.15, 0.2) is 0 Å². The molecule has 1 unspecified atom stereocenters. The van der Waals surface area contributed by atoms with Gasteiger partial charge in [-0.05, 0) is 56.5 Å². The van der Waals surface area contributed by atoms with Gasteiger partial charge in [0.05, 0.1) is 11.6 Å². The Hall–Kier alpha value is -2.36. The predicted molar refractivity (Wildman–Crippen MR) is 107 cm³/mol. The van der Waals surface area contributed by atoms with Crippen molar-refractivity contribution in [2.24, 2.45) is 11.8 Å². The second-order valence-electron chi connectivity index (χ2n) is 7.73. The summed E-state index contributed by atoms with van der Waals surface area (Å²) in [6, 6.07) is 9.24. The molecule has 1 aromatic rings. The van der Waals surface area contributed by atoms with Crippen molar-refractivity contribution >= 4 is 11.7 Å². The molecule has 27 heavy (non-hydrogen) atoms. The molecule has 144 valence electrons. The molecule has 0 aromatic heterocycles. The van der Waals surface area contributed by atoms with Crippen LogP contribution < -0.4 is 10.6 Å². The highest BCUT2D eigenvalue weighted by atomic mass is 16.2. The lowest BCUT2D eigenvalue weighted by molar-refractivity contribution is -0.00709. The third-order valence-corrected chi connectivity index (χ3v) is 5.75. The van der Waals surface area contributed by atoms with Crippen LogP contribution in [0.4, 0.5) is 10.5 Å². The van der Waals surface area contributed by atoms with Crippen LogP contribution in [0.3, 0.4) is 0 Å². The van der Waals surface area contributed by atoms with Crippen LogP contribution >= 0.6 is 0 Å². The Balaban J connectivity index is 1.46. The van der Waals surface area contributed by atoms with E-state index in [1.807, 2.05) is 6.08 Å². The summed E-state index contributed by atoms with van der Waals surface area (Å²) in [5, 5.41) is 14.8. The lowest BCUT2D eigenvalue weighted by Gasteiger charge is -2.50. The van der Waals surface area contributed by atoms with E-state index in [4.69, 9.17) is 5.26 Å². The molecule has 0 spiro atoms. The fourth-order valence-electron chi connectivity index (χ4n) is 4.42. The van der Waals surface area contributed by atoms with E-state index in [9.17, 15) is 4.79 Å². The van der Waals surface area contributed by atoms with Crippen molar-refractivity contribution in [2.45, 2.75) is 18.9 Å². The Morgan fingerprint density at radius 1 is 1.52 bits per heavy atom. The van der Waals surface area contributed by atoms with Crippen LogP contribution in [-0.2, 0) is 0 Å². The summed E-state index contributed by atoms with van der Waals surface area (Å²) in [6.07, 6.45) is 4.37. The largest absolute Gasteiger partial charge is 0.336 e. The molecule has 3 aliphatic rings. The van der Waals surface area contributed by atoms with Crippen LogP contribution in [0, 0.1) is 23.2 Å². The summed E-state index contributed by atoms with van der Waals surface area (Å²) in [5.41, 5.74) is 1.18. The van der Waals surface area contributed by atoms with Gasteiger partial charge in [0, 0.05) is 37.9 Å². The number of benzene rings is 1. The van der Waals surface area contributed by atoms with E-state index in [0.717, 1.165) is 38.5 Å². The van der Waals surface area contributed by atoms with Crippen molar-refractivity contribution in [3.63, 3.8) is 0 Å². The lowest BCUT2D eigenvalue weighted by atomic mass is 9.75. The van der Waals surface area contributed by atoms with E-state index in [2.05, 4.69) is 40.1 Å². The Bertz CT molecular complexity index is 713. The van der Waals surface area contributed by atoms with Crippen molar-refractivity contribution in [1.82, 2.24) is 15.1 Å². The Labute approximate surface area is 161 Å². The molecule has 4 rings (SSSR count). The average molecular weight is 367 g/mol. The first kappa shape index (κ1) is 19.4. The molecule has 2 bridgehead atoms. The van der Waals surface area contributed by atoms with Gasteiger partial charge in [-0.15, -0.1) is 6.58 Å². The number of carbonyl (C=O) groups excluding carboxylic acids is 1. The number of nitrogens with one attached hydrogen (secondary N) is 2. The monoisotopic (exact) mass is 367 g/mol. The topological polar surface area (TPSA) is 71.4 Å². The first-order chi connectivity index (χ1) is 13.1. The van der Waals surface area contributed by atoms with E-state index in [1.165, 1.54) is 6.42 Å². The molecule has 0 saturated carbocycles. The van der Waals surface area contributed by atoms with Gasteiger partial charge in [0.25, 0.3) is 0 Å². The zero-order chi connectivity index (χ0) is 19.2. The van der Waals surface area contributed by atoms with E-state index < -0.39 is 0 Å². The molecular weight excluding hydrogens is 338 g/mol. The molecule has 6 nitrogen and oxygen atoms in total. The number of anilines is 1. The maximum atomic E-state index is 12.2. The number of urea groups is 1. The lowest BCUT2D eigenvalue weighted by Crippen LogP contribution is -2.58. The van der Waals surface area contributed by atoms with Gasteiger partial charge in [-0.2, -0.15) is 5.26 Å². The Kier molecular flexibility index (Phi) is 6.49. The number of likely N-dealkylation sites (N-methyl/N-ethyl adjacent to an activating group) is 1. The maximum absolute atomic E-state index is 12.2. The molecule has 2 N–H and O–H groups in total. The van der Waals surface area contributed by atoms with Crippen LogP contribution in [-0.4, -0.2) is 61.6 Å². The Morgan fingerprint density at radius 2 is 2.37 bits per heavy atom. The molecule has 0 aliphatic carbocycles. The second kappa shape index (κ2) is 9.03. The number of hydrogen-bond donors (Lipinski definition) is 2. The molecule has 1 aromatic carbocycles. The normalized spacial score (nSPS) is 26.4. The molecule has 3 fully saturated rings. The number of piperidine rings is 3. The molecule has 3 aliphatic heterocycles. The van der Waals surface area contributed by atoms with E-state index >= 15 is 0 Å². The average Bonchev–Trinajstić information content (AvgIpc) is 2.67. The summed E-state index contributed by atoms with van der Waals surface area (Å²) in [6.45, 7) is 8.77. The van der Waals surface area contributed by atoms with E-state index in [0.29, 0.717) is 29.8 Å². The number of rotatable bonds is 7. The highest BCUT2D eigenvalue weighted by molar-refractivity contribution is 5.89. The first-order valence-corrected chi connectivity index (χ1v) is 9.67. The second-order valence-corrected chi connectivity index (χ2v) is 7.73. The van der Waals surface area contributed by atoms with Crippen molar-refractivity contribution in [3.8, 4) is 6.07 Å². The summed E-state index contributed by atoms with van der Waals surface area (Å²) in [7, 11) is 2.16. The third kappa shape index (κ3) is 5.09. The van der Waals surface area contributed by atoms with E-state index in [-0.39, 0.29) is 6.03 Å². The number of hydrogen-bond acceptors (Lipinski definition) is 4. The number of amides is 2. The van der Waals surface area contributed by atoms with Crippen molar-refractivity contribution in [2.75, 3.05) is 45.1 Å². The van der Waals surface area contributed by atoms with Gasteiger partial charge >= 0.3 is 6.03 Å². The highest BCUT2D eigenvalue weighted by Crippen LogP contribution is 2.36. The van der Waals surface area contributed by atoms with Crippen LogP contribution in [0.25, 0.3) is 0 Å². The molecule has 3 heterocycles. The summed E-state index contributed by atoms with van der Waals surface area (Å²) >= 11 is 0. The number of nitrogens with zero attached hydrogens (tertiary/aromatic N) is 3. The first-order valence-electron chi connectivity index (χ1n) is 9.67. The molecule has 6 heteroatoms. The quantitative estimate of drug-likeness (QED) is 0.727. The molecule has 2 amide bonds. The van der Waals surface area contributed by atoms with Gasteiger partial charge in [0.1, 0.15) is 0 Å². The smallest absolute Gasteiger partial charge is 0.319 e. The molecular formula is C21H29N5O. The summed E-state index contributed by atoms with van der Waals surface area (Å²) < 4.78 is 0. The van der Waals surface area contributed by atoms with E-state index in [1.54, 1.807) is 24.3 Å². The van der Waals surface area contributed by atoms with Gasteiger partial charge in [-0.3, -0.25) is 4.90 Å². The van der Waals surface area contributed by atoms with Crippen LogP contribution in [0.1, 0.15) is 18.4 Å². The maximum Gasteiger partial charge on any atom is 0.319 e. The van der Waals surface area contributed by atoms with Crippen molar-refractivity contribution in [1.29, 1.82) is 5.26 Å². The van der Waals surface area contributed by atoms with Gasteiger partial charge in [-0.25, -0.2) is 4.79 Å². The number of nitriles is 1. The predicted octanol–water partition coefficient (Wildman–Crippen LogP) is 2.51. The fraction of sp³-hybridized carbons (Fsp3) is 0.524. The SMILES string of the molecule is C=CCN(C)C[C@H]1CN2CC[C@H]1C[C@@H]2CNC(=O)Nc1cccc(C#N)c1. The number of carbonyl (C=O) groups is 1. The van der Waals surface area contributed by atoms with Gasteiger partial charge in [-0.1, -0.05) is 12.1 Å². The minimum atomic E-state index is -0.213. The zero-order valence-corrected chi connectivity index (χ0v) is 16.0. The Morgan fingerprint density at radius 3 is 3.07 bits per heavy atom. The standard InChI is InChI=1S/C21H29N5O/c1-3-8-25(2)14-18-15-26-9-7-17(18)11-20(26)13-23-21(27)24-19-6-4-5-16(10-19)12-22/h3-6,10,17-18,20H,1,7-9,11,13-15H2,2H3,(H2,23,24,27)/t17-,18-,20+/m0/s1. The third-order valence-electron chi connectivity index (χ3n) is 5.75. The molecule has 0 radical (unpaired) electrons. The van der Waals surface area contributed by atoms with Crippen LogP contribution in [0.2, 0.25) is 0 Å². The molecule has 3 saturated heterocycles. The van der Waals surface area contributed by atoms with Crippen LogP contribution in [0.5, 0.6) is 0 Å². The fourth-order valence-corrected chi connectivity index (χ4v) is 4.42. The summed E-state index contributed by atoms with van der Waals surface area (Å²) in [4.78, 5) is 17.1. The van der Waals surface area contributed by atoms with Crippen molar-refractivity contribution in [3.05, 3.63) is 42.5 Å². The molecule has 4 atom stereocenters. The summed E-state index contributed by atoms with van der Waals surface area (Å²) in [5.74, 6) is 1.45. The van der Waals surface area contributed by atoms with Crippen LogP contribution in [0.15, 0.2) is 36.9 Å². The van der Waals surface area contributed by atoms with Crippen molar-refractivity contribution < 1.29 is 4.79 Å². The van der Waals surface area contributed by atoms with Gasteiger partial charge < -0.3 is 15.5 Å².